The Bertz CT molecular complexity index is 1170. The van der Waals surface area contributed by atoms with Crippen molar-refractivity contribution in [3.8, 4) is 11.3 Å². The molecular formula is C21H18ClN5O3. The van der Waals surface area contributed by atoms with Crippen LogP contribution in [0.1, 0.15) is 28.4 Å². The van der Waals surface area contributed by atoms with E-state index in [9.17, 15) is 14.4 Å². The van der Waals surface area contributed by atoms with Crippen LogP contribution in [0.25, 0.3) is 11.3 Å². The molecule has 3 aromatic rings. The lowest BCUT2D eigenvalue weighted by atomic mass is 10.1. The van der Waals surface area contributed by atoms with E-state index in [2.05, 4.69) is 15.7 Å². The number of carbonyl (C=O) groups is 3. The summed E-state index contributed by atoms with van der Waals surface area (Å²) >= 11 is 6.10. The highest BCUT2D eigenvalue weighted by Crippen LogP contribution is 2.35. The Labute approximate surface area is 177 Å². The first-order valence-electron chi connectivity index (χ1n) is 9.19. The van der Waals surface area contributed by atoms with Crippen LogP contribution in [0.4, 0.5) is 11.5 Å². The summed E-state index contributed by atoms with van der Waals surface area (Å²) in [4.78, 5) is 36.4. The van der Waals surface area contributed by atoms with Crippen LogP contribution in [-0.4, -0.2) is 27.5 Å². The van der Waals surface area contributed by atoms with Crippen molar-refractivity contribution in [3.05, 3.63) is 64.7 Å². The second-order valence-corrected chi connectivity index (χ2v) is 7.41. The number of carbonyl (C=O) groups excluding carboxylic acids is 3. The van der Waals surface area contributed by atoms with Crippen molar-refractivity contribution in [3.63, 3.8) is 0 Å². The van der Waals surface area contributed by atoms with Crippen molar-refractivity contribution in [1.29, 1.82) is 0 Å². The summed E-state index contributed by atoms with van der Waals surface area (Å²) in [5.74, 6) is -0.738. The topological polar surface area (TPSA) is 119 Å². The molecule has 152 valence electrons. The molecule has 0 radical (unpaired) electrons. The molecule has 3 amide bonds. The number of fused-ring (bicyclic) bond motifs is 1. The quantitative estimate of drug-likeness (QED) is 0.597. The zero-order valence-corrected chi connectivity index (χ0v) is 16.7. The monoisotopic (exact) mass is 423 g/mol. The first-order chi connectivity index (χ1) is 14.3. The molecule has 0 bridgehead atoms. The van der Waals surface area contributed by atoms with E-state index in [1.165, 1.54) is 16.8 Å². The van der Waals surface area contributed by atoms with Gasteiger partial charge in [0.05, 0.1) is 12.1 Å². The summed E-state index contributed by atoms with van der Waals surface area (Å²) in [7, 11) is 0. The lowest BCUT2D eigenvalue weighted by Crippen LogP contribution is -2.35. The van der Waals surface area contributed by atoms with E-state index in [1.807, 2.05) is 19.1 Å². The predicted octanol–water partition coefficient (Wildman–Crippen LogP) is 3.13. The van der Waals surface area contributed by atoms with Gasteiger partial charge in [0.1, 0.15) is 11.9 Å². The zero-order valence-electron chi connectivity index (χ0n) is 16.0. The van der Waals surface area contributed by atoms with Crippen LogP contribution in [0.3, 0.4) is 0 Å². The molecule has 0 saturated carbocycles. The van der Waals surface area contributed by atoms with E-state index in [0.29, 0.717) is 27.8 Å². The summed E-state index contributed by atoms with van der Waals surface area (Å²) in [6.45, 7) is 1.83. The van der Waals surface area contributed by atoms with Crippen molar-refractivity contribution < 1.29 is 14.4 Å². The minimum absolute atomic E-state index is 0.0473. The van der Waals surface area contributed by atoms with Gasteiger partial charge >= 0.3 is 0 Å². The van der Waals surface area contributed by atoms with Gasteiger partial charge in [0, 0.05) is 27.4 Å². The fraction of sp³-hybridized carbons (Fsp3) is 0.143. The molecule has 1 aromatic heterocycles. The highest BCUT2D eigenvalue weighted by atomic mass is 35.5. The fourth-order valence-corrected chi connectivity index (χ4v) is 3.59. The first-order valence-corrected chi connectivity index (χ1v) is 9.57. The van der Waals surface area contributed by atoms with Crippen molar-refractivity contribution in [2.24, 2.45) is 5.73 Å². The number of halogens is 1. The maximum Gasteiger partial charge on any atom is 0.249 e. The van der Waals surface area contributed by atoms with Gasteiger partial charge < -0.3 is 16.4 Å². The molecule has 0 spiro atoms. The lowest BCUT2D eigenvalue weighted by molar-refractivity contribution is -0.125. The van der Waals surface area contributed by atoms with Crippen LogP contribution in [0.2, 0.25) is 5.02 Å². The lowest BCUT2D eigenvalue weighted by Gasteiger charge is -2.24. The molecule has 2 heterocycles. The number of amides is 3. The Morgan fingerprint density at radius 1 is 1.23 bits per heavy atom. The van der Waals surface area contributed by atoms with Crippen LogP contribution in [-0.2, 0) is 9.59 Å². The van der Waals surface area contributed by atoms with Crippen molar-refractivity contribution in [2.45, 2.75) is 19.4 Å². The first kappa shape index (κ1) is 19.7. The molecule has 1 aliphatic rings. The molecule has 8 nitrogen and oxygen atoms in total. The average molecular weight is 424 g/mol. The summed E-state index contributed by atoms with van der Waals surface area (Å²) in [6.07, 6.45) is -0.0473. The molecule has 1 aliphatic heterocycles. The number of nitrogens with one attached hydrogen (secondary N) is 2. The number of nitrogens with two attached hydrogens (primary N) is 1. The Hall–Kier alpha value is -3.65. The zero-order chi connectivity index (χ0) is 21.4. The van der Waals surface area contributed by atoms with Gasteiger partial charge in [0.25, 0.3) is 0 Å². The summed E-state index contributed by atoms with van der Waals surface area (Å²) in [5, 5.41) is 10.7. The number of anilines is 2. The van der Waals surface area contributed by atoms with Gasteiger partial charge in [-0.25, -0.2) is 4.68 Å². The average Bonchev–Trinajstić information content (AvgIpc) is 3.04. The van der Waals surface area contributed by atoms with Crippen LogP contribution in [0, 0.1) is 6.92 Å². The van der Waals surface area contributed by atoms with Crippen molar-refractivity contribution in [2.75, 3.05) is 10.6 Å². The molecule has 4 rings (SSSR count). The SMILES string of the molecule is Cc1c(-c2cccc(Cl)c2)nn2c1NC(=O)C[C@@H]2C(=O)Nc1ccc(C(N)=O)cc1. The van der Waals surface area contributed by atoms with E-state index in [4.69, 9.17) is 17.3 Å². The summed E-state index contributed by atoms with van der Waals surface area (Å²) in [5.41, 5.74) is 8.22. The number of hydrogen-bond donors (Lipinski definition) is 3. The number of benzene rings is 2. The third-order valence-electron chi connectivity index (χ3n) is 4.92. The normalized spacial score (nSPS) is 15.3. The largest absolute Gasteiger partial charge is 0.366 e. The third-order valence-corrected chi connectivity index (χ3v) is 5.15. The van der Waals surface area contributed by atoms with Gasteiger partial charge in [-0.15, -0.1) is 0 Å². The molecule has 0 aliphatic carbocycles. The maximum absolute atomic E-state index is 12.9. The second-order valence-electron chi connectivity index (χ2n) is 6.98. The van der Waals surface area contributed by atoms with Crippen LogP contribution in [0.15, 0.2) is 48.5 Å². The summed E-state index contributed by atoms with van der Waals surface area (Å²) in [6, 6.07) is 12.6. The van der Waals surface area contributed by atoms with E-state index < -0.39 is 17.9 Å². The minimum atomic E-state index is -0.823. The Morgan fingerprint density at radius 3 is 2.63 bits per heavy atom. The third kappa shape index (κ3) is 3.65. The molecule has 1 atom stereocenters. The fourth-order valence-electron chi connectivity index (χ4n) is 3.40. The van der Waals surface area contributed by atoms with Gasteiger partial charge in [-0.05, 0) is 43.3 Å². The molecule has 2 aromatic carbocycles. The Morgan fingerprint density at radius 2 is 1.97 bits per heavy atom. The number of primary amides is 1. The van der Waals surface area contributed by atoms with Gasteiger partial charge in [0.2, 0.25) is 17.7 Å². The van der Waals surface area contributed by atoms with E-state index in [0.717, 1.165) is 11.1 Å². The van der Waals surface area contributed by atoms with E-state index in [-0.39, 0.29) is 12.3 Å². The number of rotatable bonds is 4. The number of hydrogen-bond acceptors (Lipinski definition) is 4. The molecule has 0 unspecified atom stereocenters. The highest BCUT2D eigenvalue weighted by Gasteiger charge is 2.34. The van der Waals surface area contributed by atoms with Crippen molar-refractivity contribution in [1.82, 2.24) is 9.78 Å². The number of nitrogens with zero attached hydrogens (tertiary/aromatic N) is 2. The predicted molar refractivity (Wildman–Crippen MR) is 113 cm³/mol. The van der Waals surface area contributed by atoms with Crippen LogP contribution >= 0.6 is 11.6 Å². The van der Waals surface area contributed by atoms with Gasteiger partial charge in [-0.1, -0.05) is 23.7 Å². The molecular weight excluding hydrogens is 406 g/mol. The Kier molecular flexibility index (Phi) is 5.01. The minimum Gasteiger partial charge on any atom is -0.366 e. The molecule has 0 fully saturated rings. The second kappa shape index (κ2) is 7.64. The highest BCUT2D eigenvalue weighted by molar-refractivity contribution is 6.30. The van der Waals surface area contributed by atoms with Gasteiger partial charge in [-0.2, -0.15) is 5.10 Å². The van der Waals surface area contributed by atoms with Gasteiger partial charge in [0.15, 0.2) is 0 Å². The smallest absolute Gasteiger partial charge is 0.249 e. The van der Waals surface area contributed by atoms with Crippen molar-refractivity contribution >= 4 is 40.8 Å². The molecule has 0 saturated heterocycles. The van der Waals surface area contributed by atoms with Gasteiger partial charge in [-0.3, -0.25) is 14.4 Å². The Balaban J connectivity index is 1.66. The van der Waals surface area contributed by atoms with Crippen LogP contribution in [0.5, 0.6) is 0 Å². The van der Waals surface area contributed by atoms with E-state index in [1.54, 1.807) is 24.3 Å². The standard InChI is InChI=1S/C21H18ClN5O3/c1-11-18(13-3-2-4-14(22)9-13)26-27-16(10-17(28)25-20(11)27)21(30)24-15-7-5-12(6-8-15)19(23)29/h2-9,16H,10H2,1H3,(H2,23,29)(H,24,30)(H,25,28)/t16-/m1/s1. The molecule has 30 heavy (non-hydrogen) atoms. The summed E-state index contributed by atoms with van der Waals surface area (Å²) < 4.78 is 1.53. The van der Waals surface area contributed by atoms with E-state index >= 15 is 0 Å². The maximum atomic E-state index is 12.9. The molecule has 4 N–H and O–H groups in total. The number of aromatic nitrogens is 2. The molecule has 9 heteroatoms. The van der Waals surface area contributed by atoms with Crippen LogP contribution < -0.4 is 16.4 Å².